The first kappa shape index (κ1) is 23.4. The average Bonchev–Trinajstić information content (AvgIpc) is 2.58. The van der Waals surface area contributed by atoms with Gasteiger partial charge in [0, 0.05) is 13.0 Å². The van der Waals surface area contributed by atoms with Gasteiger partial charge in [0.25, 0.3) is 0 Å². The van der Waals surface area contributed by atoms with Gasteiger partial charge in [0.05, 0.1) is 12.3 Å². The molecule has 5 atom stereocenters. The topological polar surface area (TPSA) is 192 Å². The highest BCUT2D eigenvalue weighted by atomic mass is 31.2. The fraction of sp³-hybridized carbons (Fsp3) is 0.929. The number of ether oxygens (including phenoxy) is 2. The number of carbonyl (C=O) groups excluding carboxylic acids is 1. The number of aliphatic hydroxyl groups excluding tert-OH is 3. The normalized spacial score (nSPS) is 29.5. The van der Waals surface area contributed by atoms with E-state index in [2.05, 4.69) is 0 Å². The van der Waals surface area contributed by atoms with E-state index in [4.69, 9.17) is 25.1 Å². The van der Waals surface area contributed by atoms with E-state index in [9.17, 15) is 24.7 Å². The first-order chi connectivity index (χ1) is 12.2. The molecule has 0 spiro atoms. The van der Waals surface area contributed by atoms with Crippen molar-refractivity contribution in [3.8, 4) is 0 Å². The molecule has 154 valence electrons. The quantitative estimate of drug-likeness (QED) is 0.0692. The zero-order valence-corrected chi connectivity index (χ0v) is 15.3. The summed E-state index contributed by atoms with van der Waals surface area (Å²) in [5, 5.41) is 29.6. The molecule has 26 heavy (non-hydrogen) atoms. The van der Waals surface area contributed by atoms with Crippen LogP contribution in [-0.4, -0.2) is 74.5 Å². The summed E-state index contributed by atoms with van der Waals surface area (Å²) in [4.78, 5) is 28.8. The predicted molar refractivity (Wildman–Crippen MR) is 89.6 cm³/mol. The number of nitrogens with one attached hydrogen (secondary N) is 1. The maximum absolute atomic E-state index is 10.9. The van der Waals surface area contributed by atoms with E-state index in [0.29, 0.717) is 19.3 Å². The Kier molecular flexibility index (Phi) is 10.2. The number of hydrogen-bond donors (Lipinski definition) is 7. The van der Waals surface area contributed by atoms with Crippen LogP contribution in [0.25, 0.3) is 0 Å². The van der Waals surface area contributed by atoms with Crippen LogP contribution in [0.1, 0.15) is 38.5 Å². The summed E-state index contributed by atoms with van der Waals surface area (Å²) in [5.74, 6) is 4.74. The van der Waals surface area contributed by atoms with Crippen LogP contribution in [0.5, 0.6) is 0 Å². The van der Waals surface area contributed by atoms with E-state index >= 15 is 0 Å². The van der Waals surface area contributed by atoms with Crippen molar-refractivity contribution in [3.05, 3.63) is 0 Å². The van der Waals surface area contributed by atoms with Gasteiger partial charge in [0.15, 0.2) is 6.29 Å². The molecule has 8 N–H and O–H groups in total. The minimum absolute atomic E-state index is 0.182. The van der Waals surface area contributed by atoms with Gasteiger partial charge >= 0.3 is 7.60 Å². The van der Waals surface area contributed by atoms with E-state index in [1.54, 1.807) is 0 Å². The van der Waals surface area contributed by atoms with Crippen LogP contribution in [0.3, 0.4) is 0 Å². The lowest BCUT2D eigenvalue weighted by atomic mass is 9.97. The molecule has 1 amide bonds. The Balaban J connectivity index is 2.33. The maximum Gasteiger partial charge on any atom is 0.325 e. The molecular formula is C14H29N2O9P. The second kappa shape index (κ2) is 11.3. The van der Waals surface area contributed by atoms with Crippen LogP contribution >= 0.6 is 7.60 Å². The summed E-state index contributed by atoms with van der Waals surface area (Å²) in [7, 11) is -4.27. The first-order valence-electron chi connectivity index (χ1n) is 8.51. The van der Waals surface area contributed by atoms with E-state index in [1.165, 1.54) is 0 Å². The monoisotopic (exact) mass is 400 g/mol. The highest BCUT2D eigenvalue weighted by Crippen LogP contribution is 2.37. The number of nitrogens with two attached hydrogens (primary N) is 1. The second-order valence-electron chi connectivity index (χ2n) is 6.29. The lowest BCUT2D eigenvalue weighted by Gasteiger charge is -2.40. The minimum Gasteiger partial charge on any atom is -0.388 e. The van der Waals surface area contributed by atoms with E-state index in [-0.39, 0.29) is 18.9 Å². The molecule has 0 radical (unpaired) electrons. The fourth-order valence-corrected chi connectivity index (χ4v) is 3.19. The van der Waals surface area contributed by atoms with Crippen molar-refractivity contribution in [2.75, 3.05) is 12.8 Å². The summed E-state index contributed by atoms with van der Waals surface area (Å²) in [6, 6.07) is 0. The molecule has 5 unspecified atom stereocenters. The average molecular weight is 400 g/mol. The Bertz CT molecular complexity index is 475. The number of carbonyl (C=O) groups is 1. The van der Waals surface area contributed by atoms with Crippen molar-refractivity contribution in [1.82, 2.24) is 5.43 Å². The number of aliphatic hydroxyl groups is 3. The Morgan fingerprint density at radius 2 is 1.73 bits per heavy atom. The van der Waals surface area contributed by atoms with Gasteiger partial charge < -0.3 is 34.6 Å². The number of hydrazine groups is 1. The third kappa shape index (κ3) is 8.38. The molecule has 1 heterocycles. The van der Waals surface area contributed by atoms with Crippen molar-refractivity contribution in [2.24, 2.45) is 5.84 Å². The first-order valence-corrected chi connectivity index (χ1v) is 10.3. The van der Waals surface area contributed by atoms with Crippen LogP contribution in [0.2, 0.25) is 0 Å². The van der Waals surface area contributed by atoms with Crippen LogP contribution < -0.4 is 11.3 Å². The summed E-state index contributed by atoms with van der Waals surface area (Å²) in [5.41, 5.74) is 2.05. The molecule has 1 fully saturated rings. The van der Waals surface area contributed by atoms with Crippen LogP contribution in [-0.2, 0) is 18.8 Å². The standard InChI is InChI=1S/C14H29N2O9P/c15-16-10(17)5-3-1-2-4-7-24-14-13(20)12(19)11(18)9(25-14)6-8-26(21,22)23/h9,11-14,18-20H,1-8,15H2,(H,16,17)(H2,21,22,23). The van der Waals surface area contributed by atoms with E-state index < -0.39 is 44.5 Å². The smallest absolute Gasteiger partial charge is 0.325 e. The summed E-state index contributed by atoms with van der Waals surface area (Å²) in [6.45, 7) is 0.221. The largest absolute Gasteiger partial charge is 0.388 e. The number of rotatable bonds is 11. The van der Waals surface area contributed by atoms with E-state index in [0.717, 1.165) is 12.8 Å². The third-order valence-corrected chi connectivity index (χ3v) is 4.96. The molecule has 1 rings (SSSR count). The Hall–Kier alpha value is -0.620. The number of amides is 1. The predicted octanol–water partition coefficient (Wildman–Crippen LogP) is -1.68. The highest BCUT2D eigenvalue weighted by Gasteiger charge is 2.44. The van der Waals surface area contributed by atoms with Gasteiger partial charge in [-0.15, -0.1) is 0 Å². The maximum atomic E-state index is 10.9. The second-order valence-corrected chi connectivity index (χ2v) is 8.07. The van der Waals surface area contributed by atoms with E-state index in [1.807, 2.05) is 5.43 Å². The number of hydrogen-bond acceptors (Lipinski definition) is 8. The molecular weight excluding hydrogens is 371 g/mol. The molecule has 1 saturated heterocycles. The molecule has 0 aliphatic carbocycles. The molecule has 0 aromatic carbocycles. The molecule has 0 aromatic rings. The summed E-state index contributed by atoms with van der Waals surface area (Å²) in [6.07, 6.45) is -4.21. The molecule has 12 heteroatoms. The van der Waals surface area contributed by atoms with Crippen LogP contribution in [0.4, 0.5) is 0 Å². The van der Waals surface area contributed by atoms with Crippen molar-refractivity contribution < 1.29 is 43.9 Å². The number of unbranched alkanes of at least 4 members (excludes halogenated alkanes) is 3. The van der Waals surface area contributed by atoms with Crippen LogP contribution in [0, 0.1) is 0 Å². The fourth-order valence-electron chi connectivity index (χ4n) is 2.60. The SMILES string of the molecule is NNC(=O)CCCCCCOC1OC(CCP(=O)(O)O)C(O)C(O)C1O. The highest BCUT2D eigenvalue weighted by molar-refractivity contribution is 7.51. The lowest BCUT2D eigenvalue weighted by molar-refractivity contribution is -0.297. The Morgan fingerprint density at radius 1 is 1.08 bits per heavy atom. The zero-order chi connectivity index (χ0) is 19.7. The van der Waals surface area contributed by atoms with Gasteiger partial charge in [0.2, 0.25) is 5.91 Å². The van der Waals surface area contributed by atoms with Crippen molar-refractivity contribution in [2.45, 2.75) is 69.2 Å². The van der Waals surface area contributed by atoms with Gasteiger partial charge in [-0.2, -0.15) is 0 Å². The Morgan fingerprint density at radius 3 is 2.35 bits per heavy atom. The van der Waals surface area contributed by atoms with Gasteiger partial charge in [0.1, 0.15) is 18.3 Å². The molecule has 0 aromatic heterocycles. The lowest BCUT2D eigenvalue weighted by Crippen LogP contribution is -2.58. The third-order valence-electron chi connectivity index (χ3n) is 4.11. The van der Waals surface area contributed by atoms with Crippen molar-refractivity contribution in [3.63, 3.8) is 0 Å². The van der Waals surface area contributed by atoms with Gasteiger partial charge in [-0.1, -0.05) is 12.8 Å². The summed E-state index contributed by atoms with van der Waals surface area (Å²) >= 11 is 0. The van der Waals surface area contributed by atoms with Gasteiger partial charge in [-0.3, -0.25) is 14.8 Å². The van der Waals surface area contributed by atoms with Gasteiger partial charge in [-0.05, 0) is 19.3 Å². The molecule has 1 aliphatic rings. The Labute approximate surface area is 151 Å². The molecule has 0 saturated carbocycles. The van der Waals surface area contributed by atoms with Crippen molar-refractivity contribution >= 4 is 13.5 Å². The minimum atomic E-state index is -4.27. The molecule has 0 bridgehead atoms. The van der Waals surface area contributed by atoms with Crippen molar-refractivity contribution in [1.29, 1.82) is 0 Å². The zero-order valence-electron chi connectivity index (χ0n) is 14.4. The van der Waals surface area contributed by atoms with Gasteiger partial charge in [-0.25, -0.2) is 5.84 Å². The molecule has 11 nitrogen and oxygen atoms in total. The van der Waals surface area contributed by atoms with Crippen LogP contribution in [0.15, 0.2) is 0 Å². The molecule has 1 aliphatic heterocycles. The summed E-state index contributed by atoms with van der Waals surface area (Å²) < 4.78 is 21.7.